The SMILES string of the molecule is CC1(C)COCCN1c1nc2ccccc2cc1CO. The Bertz CT molecular complexity index is 625. The average Bonchev–Trinajstić information content (AvgIpc) is 2.45. The molecule has 0 atom stereocenters. The van der Waals surface area contributed by atoms with Gasteiger partial charge in [0.05, 0.1) is 30.9 Å². The average molecular weight is 272 g/mol. The van der Waals surface area contributed by atoms with Crippen molar-refractivity contribution in [3.63, 3.8) is 0 Å². The van der Waals surface area contributed by atoms with E-state index in [0.29, 0.717) is 13.2 Å². The standard InChI is InChI=1S/C16H20N2O2/c1-16(2)11-20-8-7-18(16)15-13(10-19)9-12-5-3-4-6-14(12)17-15/h3-6,9,19H,7-8,10-11H2,1-2H3. The smallest absolute Gasteiger partial charge is 0.135 e. The molecule has 4 nitrogen and oxygen atoms in total. The van der Waals surface area contributed by atoms with Crippen molar-refractivity contribution in [1.29, 1.82) is 0 Å². The first-order valence-corrected chi connectivity index (χ1v) is 6.97. The quantitative estimate of drug-likeness (QED) is 0.911. The maximum absolute atomic E-state index is 9.68. The Morgan fingerprint density at radius 1 is 1.35 bits per heavy atom. The fourth-order valence-electron chi connectivity index (χ4n) is 2.75. The lowest BCUT2D eigenvalue weighted by Crippen LogP contribution is -2.53. The predicted molar refractivity (Wildman–Crippen MR) is 79.9 cm³/mol. The molecule has 20 heavy (non-hydrogen) atoms. The van der Waals surface area contributed by atoms with E-state index in [0.717, 1.165) is 28.8 Å². The molecule has 0 unspecified atom stereocenters. The zero-order valence-electron chi connectivity index (χ0n) is 12.0. The van der Waals surface area contributed by atoms with Gasteiger partial charge in [0.15, 0.2) is 0 Å². The molecule has 1 aliphatic heterocycles. The van der Waals surface area contributed by atoms with E-state index in [2.05, 4.69) is 18.7 Å². The number of pyridine rings is 1. The van der Waals surface area contributed by atoms with Gasteiger partial charge >= 0.3 is 0 Å². The van der Waals surface area contributed by atoms with E-state index < -0.39 is 0 Å². The molecule has 0 amide bonds. The molecular weight excluding hydrogens is 252 g/mol. The summed E-state index contributed by atoms with van der Waals surface area (Å²) in [4.78, 5) is 7.02. The zero-order valence-corrected chi connectivity index (χ0v) is 12.0. The molecule has 0 saturated carbocycles. The first-order valence-electron chi connectivity index (χ1n) is 6.97. The zero-order chi connectivity index (χ0) is 14.2. The molecular formula is C16H20N2O2. The molecule has 1 saturated heterocycles. The fraction of sp³-hybridized carbons (Fsp3) is 0.438. The Kier molecular flexibility index (Phi) is 3.36. The Morgan fingerprint density at radius 2 is 2.15 bits per heavy atom. The predicted octanol–water partition coefficient (Wildman–Crippen LogP) is 2.34. The third kappa shape index (κ3) is 2.25. The maximum atomic E-state index is 9.68. The van der Waals surface area contributed by atoms with Crippen molar-refractivity contribution >= 4 is 16.7 Å². The summed E-state index contributed by atoms with van der Waals surface area (Å²) >= 11 is 0. The molecule has 1 aromatic heterocycles. The van der Waals surface area contributed by atoms with Gasteiger partial charge in [-0.15, -0.1) is 0 Å². The van der Waals surface area contributed by atoms with Crippen LogP contribution in [0.15, 0.2) is 30.3 Å². The van der Waals surface area contributed by atoms with E-state index >= 15 is 0 Å². The number of ether oxygens (including phenoxy) is 1. The number of morpholine rings is 1. The number of aliphatic hydroxyl groups is 1. The lowest BCUT2D eigenvalue weighted by atomic mass is 10.0. The van der Waals surface area contributed by atoms with Crippen LogP contribution in [-0.4, -0.2) is 35.4 Å². The number of anilines is 1. The number of nitrogens with zero attached hydrogens (tertiary/aromatic N) is 2. The van der Waals surface area contributed by atoms with Crippen LogP contribution in [0.2, 0.25) is 0 Å². The molecule has 1 aromatic carbocycles. The van der Waals surface area contributed by atoms with Gasteiger partial charge in [-0.05, 0) is 26.0 Å². The summed E-state index contributed by atoms with van der Waals surface area (Å²) in [6.45, 7) is 6.45. The Hall–Kier alpha value is -1.65. The van der Waals surface area contributed by atoms with Crippen LogP contribution in [0.25, 0.3) is 10.9 Å². The molecule has 0 aliphatic carbocycles. The number of benzene rings is 1. The van der Waals surface area contributed by atoms with E-state index in [1.807, 2.05) is 30.3 Å². The molecule has 0 radical (unpaired) electrons. The number of fused-ring (bicyclic) bond motifs is 1. The minimum absolute atomic E-state index is 0.000600. The lowest BCUT2D eigenvalue weighted by molar-refractivity contribution is 0.0637. The van der Waals surface area contributed by atoms with Crippen LogP contribution in [0.5, 0.6) is 0 Å². The van der Waals surface area contributed by atoms with Crippen LogP contribution in [0, 0.1) is 0 Å². The van der Waals surface area contributed by atoms with Crippen molar-refractivity contribution in [2.75, 3.05) is 24.7 Å². The summed E-state index contributed by atoms with van der Waals surface area (Å²) in [6, 6.07) is 10.0. The summed E-state index contributed by atoms with van der Waals surface area (Å²) in [6.07, 6.45) is 0. The highest BCUT2D eigenvalue weighted by atomic mass is 16.5. The van der Waals surface area contributed by atoms with Crippen LogP contribution in [0.3, 0.4) is 0 Å². The van der Waals surface area contributed by atoms with E-state index in [9.17, 15) is 5.11 Å². The minimum Gasteiger partial charge on any atom is -0.392 e. The second-order valence-electron chi connectivity index (χ2n) is 5.84. The molecule has 4 heteroatoms. The number of hydrogen-bond donors (Lipinski definition) is 1. The van der Waals surface area contributed by atoms with Gasteiger partial charge in [0.25, 0.3) is 0 Å². The third-order valence-electron chi connectivity index (χ3n) is 3.85. The summed E-state index contributed by atoms with van der Waals surface area (Å²) in [5.74, 6) is 0.875. The molecule has 3 rings (SSSR count). The second kappa shape index (κ2) is 5.04. The number of aromatic nitrogens is 1. The van der Waals surface area contributed by atoms with Crippen molar-refractivity contribution in [2.45, 2.75) is 26.0 Å². The summed E-state index contributed by atoms with van der Waals surface area (Å²) in [5.41, 5.74) is 1.72. The van der Waals surface area contributed by atoms with Gasteiger partial charge in [-0.3, -0.25) is 0 Å². The molecule has 1 aliphatic rings. The van der Waals surface area contributed by atoms with E-state index in [1.54, 1.807) is 0 Å². The number of rotatable bonds is 2. The maximum Gasteiger partial charge on any atom is 0.135 e. The highest BCUT2D eigenvalue weighted by molar-refractivity contribution is 5.82. The first kappa shape index (κ1) is 13.3. The minimum atomic E-state index is -0.113. The van der Waals surface area contributed by atoms with E-state index in [4.69, 9.17) is 9.72 Å². The highest BCUT2D eigenvalue weighted by Crippen LogP contribution is 2.30. The summed E-state index contributed by atoms with van der Waals surface area (Å²) in [5, 5.41) is 10.7. The topological polar surface area (TPSA) is 45.6 Å². The number of para-hydroxylation sites is 1. The van der Waals surface area contributed by atoms with Gasteiger partial charge in [-0.25, -0.2) is 4.98 Å². The second-order valence-corrected chi connectivity index (χ2v) is 5.84. The van der Waals surface area contributed by atoms with Crippen molar-refractivity contribution in [3.05, 3.63) is 35.9 Å². The summed E-state index contributed by atoms with van der Waals surface area (Å²) in [7, 11) is 0. The molecule has 106 valence electrons. The van der Waals surface area contributed by atoms with Crippen LogP contribution >= 0.6 is 0 Å². The van der Waals surface area contributed by atoms with E-state index in [-0.39, 0.29) is 12.1 Å². The Balaban J connectivity index is 2.13. The molecule has 1 fully saturated rings. The third-order valence-corrected chi connectivity index (χ3v) is 3.85. The fourth-order valence-corrected chi connectivity index (χ4v) is 2.75. The van der Waals surface area contributed by atoms with Gasteiger partial charge in [-0.1, -0.05) is 18.2 Å². The van der Waals surface area contributed by atoms with E-state index in [1.165, 1.54) is 0 Å². The monoisotopic (exact) mass is 272 g/mol. The van der Waals surface area contributed by atoms with Gasteiger partial charge in [-0.2, -0.15) is 0 Å². The van der Waals surface area contributed by atoms with Crippen molar-refractivity contribution in [2.24, 2.45) is 0 Å². The largest absolute Gasteiger partial charge is 0.392 e. The van der Waals surface area contributed by atoms with Crippen molar-refractivity contribution < 1.29 is 9.84 Å². The van der Waals surface area contributed by atoms with Gasteiger partial charge in [0, 0.05) is 17.5 Å². The molecule has 2 aromatic rings. The molecule has 0 spiro atoms. The van der Waals surface area contributed by atoms with Crippen molar-refractivity contribution in [1.82, 2.24) is 4.98 Å². The van der Waals surface area contributed by atoms with Crippen LogP contribution in [0.1, 0.15) is 19.4 Å². The Morgan fingerprint density at radius 3 is 2.90 bits per heavy atom. The van der Waals surface area contributed by atoms with Gasteiger partial charge < -0.3 is 14.7 Å². The lowest BCUT2D eigenvalue weighted by Gasteiger charge is -2.43. The number of aliphatic hydroxyl groups excluding tert-OH is 1. The molecule has 1 N–H and O–H groups in total. The van der Waals surface area contributed by atoms with Gasteiger partial charge in [0.1, 0.15) is 5.82 Å². The van der Waals surface area contributed by atoms with Gasteiger partial charge in [0.2, 0.25) is 0 Å². The Labute approximate surface area is 119 Å². The van der Waals surface area contributed by atoms with Crippen LogP contribution in [0.4, 0.5) is 5.82 Å². The summed E-state index contributed by atoms with van der Waals surface area (Å²) < 4.78 is 5.57. The van der Waals surface area contributed by atoms with Crippen molar-refractivity contribution in [3.8, 4) is 0 Å². The molecule has 2 heterocycles. The van der Waals surface area contributed by atoms with Crippen LogP contribution < -0.4 is 4.90 Å². The normalized spacial score (nSPS) is 18.4. The first-order chi connectivity index (χ1) is 9.62. The molecule has 0 bridgehead atoms. The van der Waals surface area contributed by atoms with Crippen LogP contribution in [-0.2, 0) is 11.3 Å². The number of hydrogen-bond acceptors (Lipinski definition) is 4. The highest BCUT2D eigenvalue weighted by Gasteiger charge is 2.32.